The van der Waals surface area contributed by atoms with E-state index in [1.165, 1.54) is 25.7 Å². The standard InChI is InChI=1S/C15H19N3/c1-10(14-8-11-4-5-12(14)7-11)18-15-13(9-16)3-2-6-17-15/h2-3,6,10-12,14H,4-5,7-8H2,1H3,(H,17,18)/t10-,11-,12-,14-/m1/s1. The van der Waals surface area contributed by atoms with Crippen LogP contribution in [0.25, 0.3) is 0 Å². The van der Waals surface area contributed by atoms with E-state index in [2.05, 4.69) is 23.3 Å². The highest BCUT2D eigenvalue weighted by molar-refractivity contribution is 5.51. The highest BCUT2D eigenvalue weighted by Crippen LogP contribution is 2.49. The molecule has 3 heteroatoms. The minimum Gasteiger partial charge on any atom is -0.366 e. The highest BCUT2D eigenvalue weighted by atomic mass is 15.0. The first-order valence-corrected chi connectivity index (χ1v) is 6.89. The fourth-order valence-electron chi connectivity index (χ4n) is 3.84. The maximum absolute atomic E-state index is 9.07. The number of hydrogen-bond acceptors (Lipinski definition) is 3. The van der Waals surface area contributed by atoms with E-state index in [1.807, 2.05) is 12.1 Å². The Bertz CT molecular complexity index is 477. The number of aromatic nitrogens is 1. The van der Waals surface area contributed by atoms with Crippen molar-refractivity contribution in [1.82, 2.24) is 4.98 Å². The summed E-state index contributed by atoms with van der Waals surface area (Å²) in [5.74, 6) is 3.36. The van der Waals surface area contributed by atoms with Crippen LogP contribution in [0.1, 0.15) is 38.2 Å². The smallest absolute Gasteiger partial charge is 0.144 e. The normalized spacial score (nSPS) is 31.0. The molecule has 1 N–H and O–H groups in total. The first kappa shape index (κ1) is 11.5. The molecule has 3 nitrogen and oxygen atoms in total. The molecule has 0 aromatic carbocycles. The van der Waals surface area contributed by atoms with Gasteiger partial charge in [-0.15, -0.1) is 0 Å². The number of nitrogens with one attached hydrogen (secondary N) is 1. The Balaban J connectivity index is 1.71. The van der Waals surface area contributed by atoms with Crippen molar-refractivity contribution in [2.24, 2.45) is 17.8 Å². The molecule has 2 bridgehead atoms. The molecule has 2 aliphatic carbocycles. The predicted octanol–water partition coefficient (Wildman–Crippen LogP) is 3.19. The zero-order valence-corrected chi connectivity index (χ0v) is 10.8. The average molecular weight is 241 g/mol. The molecule has 2 saturated carbocycles. The molecule has 1 heterocycles. The lowest BCUT2D eigenvalue weighted by molar-refractivity contribution is 0.304. The van der Waals surface area contributed by atoms with E-state index in [0.717, 1.165) is 23.6 Å². The van der Waals surface area contributed by atoms with Crippen LogP contribution in [-0.2, 0) is 0 Å². The lowest BCUT2D eigenvalue weighted by Crippen LogP contribution is -2.30. The molecule has 3 rings (SSSR count). The van der Waals surface area contributed by atoms with Crippen molar-refractivity contribution < 1.29 is 0 Å². The molecule has 0 amide bonds. The summed E-state index contributed by atoms with van der Waals surface area (Å²) in [6.45, 7) is 2.24. The van der Waals surface area contributed by atoms with Gasteiger partial charge in [0.05, 0.1) is 5.56 Å². The molecule has 0 aliphatic heterocycles. The Morgan fingerprint density at radius 2 is 2.33 bits per heavy atom. The monoisotopic (exact) mass is 241 g/mol. The molecule has 94 valence electrons. The maximum atomic E-state index is 9.07. The third-order valence-corrected chi connectivity index (χ3v) is 4.73. The van der Waals surface area contributed by atoms with E-state index >= 15 is 0 Å². The van der Waals surface area contributed by atoms with E-state index in [-0.39, 0.29) is 0 Å². The highest BCUT2D eigenvalue weighted by Gasteiger charge is 2.41. The molecule has 0 unspecified atom stereocenters. The van der Waals surface area contributed by atoms with Gasteiger partial charge < -0.3 is 5.32 Å². The number of pyridine rings is 1. The van der Waals surface area contributed by atoms with Crippen molar-refractivity contribution in [2.45, 2.75) is 38.6 Å². The zero-order valence-electron chi connectivity index (χ0n) is 10.8. The summed E-state index contributed by atoms with van der Waals surface area (Å²) in [6.07, 6.45) is 7.35. The zero-order chi connectivity index (χ0) is 12.5. The molecule has 0 spiro atoms. The quantitative estimate of drug-likeness (QED) is 0.884. The van der Waals surface area contributed by atoms with Gasteiger partial charge in [0.25, 0.3) is 0 Å². The number of rotatable bonds is 3. The summed E-state index contributed by atoms with van der Waals surface area (Å²) in [7, 11) is 0. The molecule has 1 aromatic heterocycles. The van der Waals surface area contributed by atoms with Gasteiger partial charge in [-0.1, -0.05) is 6.42 Å². The summed E-state index contributed by atoms with van der Waals surface area (Å²) in [4.78, 5) is 4.29. The van der Waals surface area contributed by atoms with Crippen LogP contribution in [0.2, 0.25) is 0 Å². The Hall–Kier alpha value is -1.56. The van der Waals surface area contributed by atoms with Crippen LogP contribution >= 0.6 is 0 Å². The largest absolute Gasteiger partial charge is 0.366 e. The number of hydrogen-bond donors (Lipinski definition) is 1. The third kappa shape index (κ3) is 1.96. The Labute approximate surface area is 108 Å². The van der Waals surface area contributed by atoms with Gasteiger partial charge >= 0.3 is 0 Å². The van der Waals surface area contributed by atoms with Crippen molar-refractivity contribution in [2.75, 3.05) is 5.32 Å². The van der Waals surface area contributed by atoms with Crippen LogP contribution in [0.3, 0.4) is 0 Å². The van der Waals surface area contributed by atoms with Crippen molar-refractivity contribution in [3.8, 4) is 6.07 Å². The summed E-state index contributed by atoms with van der Waals surface area (Å²) in [5, 5.41) is 12.5. The van der Waals surface area contributed by atoms with Gasteiger partial charge in [-0.25, -0.2) is 4.98 Å². The van der Waals surface area contributed by atoms with E-state index < -0.39 is 0 Å². The van der Waals surface area contributed by atoms with Crippen molar-refractivity contribution in [3.63, 3.8) is 0 Å². The van der Waals surface area contributed by atoms with Crippen LogP contribution in [0.4, 0.5) is 5.82 Å². The van der Waals surface area contributed by atoms with Gasteiger partial charge in [0.2, 0.25) is 0 Å². The maximum Gasteiger partial charge on any atom is 0.144 e. The van der Waals surface area contributed by atoms with Crippen LogP contribution in [0.5, 0.6) is 0 Å². The molecule has 2 fully saturated rings. The van der Waals surface area contributed by atoms with Gasteiger partial charge in [0.1, 0.15) is 11.9 Å². The molecule has 0 radical (unpaired) electrons. The van der Waals surface area contributed by atoms with E-state index in [4.69, 9.17) is 5.26 Å². The van der Waals surface area contributed by atoms with Gasteiger partial charge in [0.15, 0.2) is 0 Å². The van der Waals surface area contributed by atoms with Crippen LogP contribution < -0.4 is 5.32 Å². The average Bonchev–Trinajstić information content (AvgIpc) is 3.01. The first-order valence-electron chi connectivity index (χ1n) is 6.89. The van der Waals surface area contributed by atoms with E-state index in [0.29, 0.717) is 11.6 Å². The Kier molecular flexibility index (Phi) is 2.95. The fourth-order valence-corrected chi connectivity index (χ4v) is 3.84. The molecule has 0 saturated heterocycles. The summed E-state index contributed by atoms with van der Waals surface area (Å²) < 4.78 is 0. The van der Waals surface area contributed by atoms with Gasteiger partial charge in [-0.05, 0) is 56.1 Å². The number of nitriles is 1. The topological polar surface area (TPSA) is 48.7 Å². The van der Waals surface area contributed by atoms with Gasteiger partial charge in [0, 0.05) is 12.2 Å². The van der Waals surface area contributed by atoms with Crippen molar-refractivity contribution >= 4 is 5.82 Å². The lowest BCUT2D eigenvalue weighted by atomic mass is 9.84. The summed E-state index contributed by atoms with van der Waals surface area (Å²) in [5.41, 5.74) is 0.646. The Morgan fingerprint density at radius 3 is 3.00 bits per heavy atom. The van der Waals surface area contributed by atoms with Gasteiger partial charge in [-0.2, -0.15) is 5.26 Å². The molecule has 1 aromatic rings. The molecular weight excluding hydrogens is 222 g/mol. The number of anilines is 1. The second kappa shape index (κ2) is 4.61. The third-order valence-electron chi connectivity index (χ3n) is 4.73. The minimum absolute atomic E-state index is 0.419. The van der Waals surface area contributed by atoms with Crippen molar-refractivity contribution in [1.29, 1.82) is 5.26 Å². The van der Waals surface area contributed by atoms with Crippen LogP contribution in [0.15, 0.2) is 18.3 Å². The van der Waals surface area contributed by atoms with E-state index in [9.17, 15) is 0 Å². The van der Waals surface area contributed by atoms with Crippen molar-refractivity contribution in [3.05, 3.63) is 23.9 Å². The summed E-state index contributed by atoms with van der Waals surface area (Å²) >= 11 is 0. The Morgan fingerprint density at radius 1 is 1.44 bits per heavy atom. The predicted molar refractivity (Wildman–Crippen MR) is 71.0 cm³/mol. The second-order valence-corrected chi connectivity index (χ2v) is 5.78. The molecular formula is C15H19N3. The first-order chi connectivity index (χ1) is 8.78. The SMILES string of the molecule is C[C@@H](Nc1ncccc1C#N)[C@H]1C[C@@H]2CC[C@@H]1C2. The molecule has 18 heavy (non-hydrogen) atoms. The number of fused-ring (bicyclic) bond motifs is 2. The lowest BCUT2D eigenvalue weighted by Gasteiger charge is -2.29. The van der Waals surface area contributed by atoms with Gasteiger partial charge in [-0.3, -0.25) is 0 Å². The van der Waals surface area contributed by atoms with Crippen LogP contribution in [-0.4, -0.2) is 11.0 Å². The number of nitrogens with zero attached hydrogens (tertiary/aromatic N) is 2. The molecule has 2 aliphatic rings. The van der Waals surface area contributed by atoms with Crippen LogP contribution in [0, 0.1) is 29.1 Å². The summed E-state index contributed by atoms with van der Waals surface area (Å²) in [6, 6.07) is 6.25. The second-order valence-electron chi connectivity index (χ2n) is 5.78. The minimum atomic E-state index is 0.419. The van der Waals surface area contributed by atoms with E-state index in [1.54, 1.807) is 6.20 Å². The fraction of sp³-hybridized carbons (Fsp3) is 0.600. The molecule has 4 atom stereocenters.